The monoisotopic (exact) mass is 664 g/mol. The fraction of sp³-hybridized carbons (Fsp3) is 0.529. The normalized spacial score (nSPS) is 22.9. The Balaban J connectivity index is 1.21. The molecule has 4 amide bonds. The van der Waals surface area contributed by atoms with Crippen molar-refractivity contribution in [3.63, 3.8) is 0 Å². The molecule has 0 radical (unpaired) electrons. The molecule has 0 bridgehead atoms. The van der Waals surface area contributed by atoms with Crippen molar-refractivity contribution in [2.24, 2.45) is 5.41 Å². The summed E-state index contributed by atoms with van der Waals surface area (Å²) in [7, 11) is -1.32. The first-order chi connectivity index (χ1) is 22.9. The number of nitrogens with zero attached hydrogens (tertiary/aromatic N) is 2. The molecule has 48 heavy (non-hydrogen) atoms. The molecule has 4 aliphatic rings. The Labute approximate surface area is 279 Å². The highest BCUT2D eigenvalue weighted by molar-refractivity contribution is 6.45. The van der Waals surface area contributed by atoms with Gasteiger partial charge >= 0.3 is 19.3 Å². The minimum Gasteiger partial charge on any atom is -0.446 e. The number of fused-ring (bicyclic) bond motifs is 2. The summed E-state index contributed by atoms with van der Waals surface area (Å²) in [4.78, 5) is 57.3. The van der Waals surface area contributed by atoms with Crippen molar-refractivity contribution in [3.05, 3.63) is 70.5 Å². The van der Waals surface area contributed by atoms with E-state index in [0.29, 0.717) is 16.7 Å². The summed E-state index contributed by atoms with van der Waals surface area (Å²) in [5, 5.41) is 16.3. The molecule has 2 aromatic carbocycles. The number of carbonyl (C=O) groups excluding carboxylic acids is 4. The second kappa shape index (κ2) is 13.8. The molecule has 3 N–H and O–H groups in total. The Morgan fingerprint density at radius 2 is 1.73 bits per heavy atom. The SMILES string of the molecule is CC(C)(C)[C@H](NC(=O)OC1CCCC1)C(=O)N1C[C@H](OC(=O)N2Cc3cccc(F)c3C2)C[C@H]1C(=O)NC1B(O)OCc2ccccc21. The molecule has 1 aliphatic carbocycles. The van der Waals surface area contributed by atoms with Crippen LogP contribution in [0.2, 0.25) is 0 Å². The maximum atomic E-state index is 14.4. The topological polar surface area (TPSA) is 147 Å². The first-order valence-corrected chi connectivity index (χ1v) is 16.6. The second-order valence-corrected chi connectivity index (χ2v) is 14.1. The van der Waals surface area contributed by atoms with Crippen LogP contribution in [0.1, 0.15) is 81.1 Å². The number of amides is 4. The van der Waals surface area contributed by atoms with Gasteiger partial charge in [0.2, 0.25) is 11.8 Å². The van der Waals surface area contributed by atoms with Crippen LogP contribution in [-0.2, 0) is 43.4 Å². The fourth-order valence-corrected chi connectivity index (χ4v) is 7.02. The summed E-state index contributed by atoms with van der Waals surface area (Å²) >= 11 is 0. The Hall–Kier alpha value is -4.17. The molecule has 0 spiro atoms. The van der Waals surface area contributed by atoms with E-state index >= 15 is 0 Å². The fourth-order valence-electron chi connectivity index (χ4n) is 7.02. The van der Waals surface area contributed by atoms with Crippen LogP contribution in [0.4, 0.5) is 14.0 Å². The van der Waals surface area contributed by atoms with Gasteiger partial charge < -0.3 is 34.7 Å². The summed E-state index contributed by atoms with van der Waals surface area (Å²) in [6.07, 6.45) is 0.922. The average molecular weight is 665 g/mol. The Bertz CT molecular complexity index is 1560. The van der Waals surface area contributed by atoms with Gasteiger partial charge in [0.15, 0.2) is 0 Å². The van der Waals surface area contributed by atoms with Crippen LogP contribution in [0.3, 0.4) is 0 Å². The summed E-state index contributed by atoms with van der Waals surface area (Å²) in [6.45, 7) is 5.65. The third-order valence-electron chi connectivity index (χ3n) is 9.63. The summed E-state index contributed by atoms with van der Waals surface area (Å²) < 4.78 is 31.3. The van der Waals surface area contributed by atoms with E-state index in [2.05, 4.69) is 10.6 Å². The van der Waals surface area contributed by atoms with Crippen LogP contribution in [-0.4, -0.2) is 76.8 Å². The van der Waals surface area contributed by atoms with E-state index in [4.69, 9.17) is 14.1 Å². The number of alkyl carbamates (subject to hydrolysis) is 1. The van der Waals surface area contributed by atoms with Crippen molar-refractivity contribution in [1.29, 1.82) is 0 Å². The van der Waals surface area contributed by atoms with Gasteiger partial charge in [0, 0.05) is 18.5 Å². The summed E-state index contributed by atoms with van der Waals surface area (Å²) in [5.74, 6) is -2.43. The first kappa shape index (κ1) is 33.7. The molecule has 3 aliphatic heterocycles. The third-order valence-corrected chi connectivity index (χ3v) is 9.63. The Morgan fingerprint density at radius 3 is 2.46 bits per heavy atom. The molecule has 1 saturated heterocycles. The van der Waals surface area contributed by atoms with Crippen LogP contribution >= 0.6 is 0 Å². The van der Waals surface area contributed by atoms with E-state index in [0.717, 1.165) is 31.2 Å². The van der Waals surface area contributed by atoms with Gasteiger partial charge in [0.25, 0.3) is 0 Å². The predicted octanol–water partition coefficient (Wildman–Crippen LogP) is 3.74. The summed E-state index contributed by atoms with van der Waals surface area (Å²) in [5.41, 5.74) is 1.82. The van der Waals surface area contributed by atoms with Gasteiger partial charge in [-0.25, -0.2) is 14.0 Å². The lowest BCUT2D eigenvalue weighted by atomic mass is 9.71. The number of rotatable bonds is 6. The second-order valence-electron chi connectivity index (χ2n) is 14.1. The highest BCUT2D eigenvalue weighted by Crippen LogP contribution is 2.32. The maximum absolute atomic E-state index is 14.4. The molecule has 14 heteroatoms. The molecular formula is C34H42BFN4O8. The number of benzene rings is 2. The molecular weight excluding hydrogens is 622 g/mol. The van der Waals surface area contributed by atoms with Gasteiger partial charge in [-0.05, 0) is 53.9 Å². The predicted molar refractivity (Wildman–Crippen MR) is 171 cm³/mol. The minimum atomic E-state index is -1.32. The van der Waals surface area contributed by atoms with Crippen LogP contribution in [0.15, 0.2) is 42.5 Å². The van der Waals surface area contributed by atoms with Gasteiger partial charge in [-0.15, -0.1) is 0 Å². The number of halogens is 1. The smallest absolute Gasteiger partial charge is 0.446 e. The zero-order valence-electron chi connectivity index (χ0n) is 27.4. The van der Waals surface area contributed by atoms with E-state index < -0.39 is 66.5 Å². The number of carbonyl (C=O) groups is 4. The van der Waals surface area contributed by atoms with Crippen molar-refractivity contribution in [1.82, 2.24) is 20.4 Å². The molecule has 256 valence electrons. The highest BCUT2D eigenvalue weighted by Gasteiger charge is 2.48. The van der Waals surface area contributed by atoms with Crippen molar-refractivity contribution in [2.75, 3.05) is 6.54 Å². The minimum absolute atomic E-state index is 0.0346. The lowest BCUT2D eigenvalue weighted by molar-refractivity contribution is -0.142. The van der Waals surface area contributed by atoms with Gasteiger partial charge in [-0.1, -0.05) is 57.2 Å². The molecule has 12 nitrogen and oxygen atoms in total. The highest BCUT2D eigenvalue weighted by atomic mass is 19.1. The van der Waals surface area contributed by atoms with Crippen molar-refractivity contribution in [2.45, 2.75) is 103 Å². The molecule has 2 aromatic rings. The molecule has 6 rings (SSSR count). The van der Waals surface area contributed by atoms with Gasteiger partial charge in [-0.2, -0.15) is 0 Å². The lowest BCUT2D eigenvalue weighted by Crippen LogP contribution is -2.58. The largest absolute Gasteiger partial charge is 0.483 e. The quantitative estimate of drug-likeness (QED) is 0.396. The number of nitrogens with one attached hydrogen (secondary N) is 2. The van der Waals surface area contributed by atoms with Crippen molar-refractivity contribution in [3.8, 4) is 0 Å². The zero-order valence-corrected chi connectivity index (χ0v) is 27.4. The van der Waals surface area contributed by atoms with E-state index in [1.807, 2.05) is 12.1 Å². The first-order valence-electron chi connectivity index (χ1n) is 16.6. The molecule has 3 heterocycles. The molecule has 2 fully saturated rings. The number of hydrogen-bond donors (Lipinski definition) is 3. The number of hydrogen-bond acceptors (Lipinski definition) is 8. The van der Waals surface area contributed by atoms with E-state index in [1.54, 1.807) is 45.0 Å². The molecule has 0 aromatic heterocycles. The van der Waals surface area contributed by atoms with Gasteiger partial charge in [0.05, 0.1) is 25.6 Å². The Kier molecular flexibility index (Phi) is 9.66. The van der Waals surface area contributed by atoms with E-state index in [-0.39, 0.29) is 38.8 Å². The van der Waals surface area contributed by atoms with Crippen LogP contribution in [0, 0.1) is 11.2 Å². The maximum Gasteiger partial charge on any atom is 0.483 e. The van der Waals surface area contributed by atoms with E-state index in [1.165, 1.54) is 15.9 Å². The van der Waals surface area contributed by atoms with Gasteiger partial charge in [0.1, 0.15) is 30.1 Å². The average Bonchev–Trinajstić information content (AvgIpc) is 3.81. The third kappa shape index (κ3) is 7.14. The van der Waals surface area contributed by atoms with Crippen molar-refractivity contribution >= 4 is 31.1 Å². The zero-order chi connectivity index (χ0) is 34.2. The standard InChI is InChI=1S/C34H42BFN4O8/c1-34(2,3)28(37-32(43)47-22-11-5-6-12-22)31(42)40-17-23(48-33(44)39-16-20-10-8-14-26(36)25(20)18-39)15-27(40)30(41)38-29-24-13-7-4-9-21(24)19-46-35(29)45/h4,7-10,13-14,22-23,27-29,45H,5-6,11-12,15-19H2,1-3H3,(H,37,43)(H,38,41)/t23-,27+,28-,29?/m1/s1. The number of ether oxygens (including phenoxy) is 2. The van der Waals surface area contributed by atoms with Crippen molar-refractivity contribution < 1.29 is 42.7 Å². The molecule has 1 saturated carbocycles. The van der Waals surface area contributed by atoms with Crippen LogP contribution in [0.25, 0.3) is 0 Å². The molecule has 4 atom stereocenters. The van der Waals surface area contributed by atoms with Crippen LogP contribution < -0.4 is 10.6 Å². The van der Waals surface area contributed by atoms with Crippen LogP contribution in [0.5, 0.6) is 0 Å². The van der Waals surface area contributed by atoms with E-state index in [9.17, 15) is 28.6 Å². The van der Waals surface area contributed by atoms with Gasteiger partial charge in [-0.3, -0.25) is 14.5 Å². The number of likely N-dealkylation sites (tertiary alicyclic amines) is 1. The Morgan fingerprint density at radius 1 is 1.00 bits per heavy atom. The lowest BCUT2D eigenvalue weighted by Gasteiger charge is -2.36. The molecule has 1 unspecified atom stereocenters. The summed E-state index contributed by atoms with van der Waals surface area (Å²) in [6, 6.07) is 9.76.